The number of hydrogen-bond donors (Lipinski definition) is 0. The standard InChI is InChI=1S/C47H29N7/c1-3-15-31(16-4-1)53-41-25-13-11-23-39(41)48-46(53)44-50-43(30-27-28-37-35-21-8-7-19-33(35)34-20-9-10-22-36(34)38(37)29-30)51-45(52-44)47-49-40-24-12-14-26-42(40)54(47)32-17-5-2-6-18-32/h1-29H. The molecule has 0 radical (unpaired) electrons. The third-order valence-corrected chi connectivity index (χ3v) is 10.2. The van der Waals surface area contributed by atoms with Gasteiger partial charge in [-0.2, -0.15) is 0 Å². The van der Waals surface area contributed by atoms with E-state index in [4.69, 9.17) is 24.9 Å². The molecule has 54 heavy (non-hydrogen) atoms. The minimum absolute atomic E-state index is 0.449. The summed E-state index contributed by atoms with van der Waals surface area (Å²) >= 11 is 0. The quantitative estimate of drug-likeness (QED) is 0.168. The maximum absolute atomic E-state index is 5.24. The monoisotopic (exact) mass is 691 g/mol. The second kappa shape index (κ2) is 12.0. The van der Waals surface area contributed by atoms with Crippen molar-refractivity contribution in [2.75, 3.05) is 0 Å². The Hall–Kier alpha value is -7.51. The van der Waals surface area contributed by atoms with E-state index in [2.05, 4.69) is 112 Å². The third kappa shape index (κ3) is 4.72. The number of hydrogen-bond acceptors (Lipinski definition) is 5. The van der Waals surface area contributed by atoms with E-state index in [1.807, 2.05) is 72.8 Å². The van der Waals surface area contributed by atoms with Crippen LogP contribution in [0.5, 0.6) is 0 Å². The van der Waals surface area contributed by atoms with Crippen molar-refractivity contribution in [3.8, 4) is 46.1 Å². The zero-order valence-corrected chi connectivity index (χ0v) is 28.9. The third-order valence-electron chi connectivity index (χ3n) is 10.2. The average molecular weight is 692 g/mol. The summed E-state index contributed by atoms with van der Waals surface area (Å²) in [6.45, 7) is 0. The molecule has 11 aromatic rings. The number of aromatic nitrogens is 7. The summed E-state index contributed by atoms with van der Waals surface area (Å²) in [5.41, 5.74) is 6.42. The predicted molar refractivity (Wildman–Crippen MR) is 218 cm³/mol. The van der Waals surface area contributed by atoms with Gasteiger partial charge in [0.1, 0.15) is 0 Å². The Bertz CT molecular complexity index is 3050. The molecule has 3 heterocycles. The Morgan fingerprint density at radius 2 is 0.685 bits per heavy atom. The van der Waals surface area contributed by atoms with E-state index in [1.54, 1.807) is 0 Å². The molecule has 0 amide bonds. The van der Waals surface area contributed by atoms with Crippen molar-refractivity contribution in [2.24, 2.45) is 0 Å². The van der Waals surface area contributed by atoms with Crippen molar-refractivity contribution < 1.29 is 0 Å². The fourth-order valence-electron chi connectivity index (χ4n) is 7.78. The Morgan fingerprint density at radius 1 is 0.296 bits per heavy atom. The number of rotatable bonds is 5. The van der Waals surface area contributed by atoms with Crippen molar-refractivity contribution in [3.63, 3.8) is 0 Å². The van der Waals surface area contributed by atoms with Crippen LogP contribution < -0.4 is 0 Å². The Labute approximate surface area is 309 Å². The summed E-state index contributed by atoms with van der Waals surface area (Å²) in [6.07, 6.45) is 0. The number of nitrogens with zero attached hydrogens (tertiary/aromatic N) is 7. The first-order valence-corrected chi connectivity index (χ1v) is 17.9. The van der Waals surface area contributed by atoms with Gasteiger partial charge in [-0.25, -0.2) is 24.9 Å². The van der Waals surface area contributed by atoms with Gasteiger partial charge in [-0.3, -0.25) is 9.13 Å². The van der Waals surface area contributed by atoms with Gasteiger partial charge < -0.3 is 0 Å². The van der Waals surface area contributed by atoms with Crippen LogP contribution in [0.25, 0.3) is 100 Å². The first-order chi connectivity index (χ1) is 26.8. The van der Waals surface area contributed by atoms with E-state index >= 15 is 0 Å². The molecular formula is C47H29N7. The van der Waals surface area contributed by atoms with Crippen molar-refractivity contribution in [1.29, 1.82) is 0 Å². The van der Waals surface area contributed by atoms with E-state index in [9.17, 15) is 0 Å². The van der Waals surface area contributed by atoms with Gasteiger partial charge in [0, 0.05) is 16.9 Å². The molecule has 0 saturated carbocycles. The van der Waals surface area contributed by atoms with E-state index in [1.165, 1.54) is 26.9 Å². The lowest BCUT2D eigenvalue weighted by atomic mass is 9.93. The molecule has 0 aliphatic rings. The number of para-hydroxylation sites is 6. The molecule has 7 heteroatoms. The van der Waals surface area contributed by atoms with Crippen molar-refractivity contribution in [2.45, 2.75) is 0 Å². The maximum atomic E-state index is 5.24. The van der Waals surface area contributed by atoms with Crippen molar-refractivity contribution in [1.82, 2.24) is 34.1 Å². The largest absolute Gasteiger partial charge is 0.290 e. The molecule has 0 saturated heterocycles. The van der Waals surface area contributed by atoms with E-state index in [0.717, 1.165) is 44.4 Å². The van der Waals surface area contributed by atoms with Gasteiger partial charge in [0.05, 0.1) is 22.1 Å². The number of benzene rings is 8. The van der Waals surface area contributed by atoms with Crippen LogP contribution in [0.15, 0.2) is 176 Å². The molecule has 0 N–H and O–H groups in total. The number of imidazole rings is 2. The van der Waals surface area contributed by atoms with Crippen LogP contribution >= 0.6 is 0 Å². The highest BCUT2D eigenvalue weighted by Gasteiger charge is 2.23. The van der Waals surface area contributed by atoms with Gasteiger partial charge in [-0.1, -0.05) is 121 Å². The molecule has 11 rings (SSSR count). The normalized spacial score (nSPS) is 11.7. The molecule has 0 aliphatic heterocycles. The first-order valence-electron chi connectivity index (χ1n) is 17.9. The van der Waals surface area contributed by atoms with Gasteiger partial charge in [0.2, 0.25) is 11.6 Å². The molecule has 0 fully saturated rings. The summed E-state index contributed by atoms with van der Waals surface area (Å²) in [6, 6.07) is 60.5. The van der Waals surface area contributed by atoms with Crippen LogP contribution in [-0.2, 0) is 0 Å². The summed E-state index contributed by atoms with van der Waals surface area (Å²) in [4.78, 5) is 26.0. The molecule has 0 atom stereocenters. The van der Waals surface area contributed by atoms with Gasteiger partial charge in [0.25, 0.3) is 0 Å². The van der Waals surface area contributed by atoms with E-state index in [-0.39, 0.29) is 0 Å². The molecule has 8 aromatic carbocycles. The Morgan fingerprint density at radius 3 is 1.19 bits per heavy atom. The molecule has 0 unspecified atom stereocenters. The van der Waals surface area contributed by atoms with Crippen molar-refractivity contribution in [3.05, 3.63) is 176 Å². The van der Waals surface area contributed by atoms with Crippen LogP contribution in [0.1, 0.15) is 0 Å². The average Bonchev–Trinajstić information content (AvgIpc) is 3.84. The smallest absolute Gasteiger partial charge is 0.200 e. The fourth-order valence-corrected chi connectivity index (χ4v) is 7.78. The maximum Gasteiger partial charge on any atom is 0.200 e. The van der Waals surface area contributed by atoms with E-state index < -0.39 is 0 Å². The lowest BCUT2D eigenvalue weighted by Gasteiger charge is -2.13. The SMILES string of the molecule is c1ccc(-n2c(-c3nc(-c4ccc5c6ccccc6c6ccccc6c5c4)nc(-c4nc5ccccc5n4-c4ccccc4)n3)nc3ccccc32)cc1. The highest BCUT2D eigenvalue weighted by Crippen LogP contribution is 2.38. The van der Waals surface area contributed by atoms with Gasteiger partial charge in [-0.15, -0.1) is 0 Å². The van der Waals surface area contributed by atoms with Gasteiger partial charge in [0.15, 0.2) is 17.5 Å². The molecule has 0 aliphatic carbocycles. The molecule has 0 bridgehead atoms. The second-order valence-electron chi connectivity index (χ2n) is 13.3. The zero-order chi connectivity index (χ0) is 35.6. The van der Waals surface area contributed by atoms with Crippen LogP contribution in [-0.4, -0.2) is 34.1 Å². The molecular weight excluding hydrogens is 663 g/mol. The molecule has 252 valence electrons. The van der Waals surface area contributed by atoms with E-state index in [0.29, 0.717) is 29.1 Å². The lowest BCUT2D eigenvalue weighted by Crippen LogP contribution is -2.07. The van der Waals surface area contributed by atoms with Crippen molar-refractivity contribution >= 4 is 54.4 Å². The Balaban J connectivity index is 1.22. The Kier molecular flexibility index (Phi) is 6.72. The molecule has 0 spiro atoms. The fraction of sp³-hybridized carbons (Fsp3) is 0. The minimum atomic E-state index is 0.449. The summed E-state index contributed by atoms with van der Waals surface area (Å²) in [5.74, 6) is 2.67. The van der Waals surface area contributed by atoms with Crippen LogP contribution in [0.3, 0.4) is 0 Å². The topological polar surface area (TPSA) is 74.3 Å². The summed E-state index contributed by atoms with van der Waals surface area (Å²) in [5, 5.41) is 7.15. The van der Waals surface area contributed by atoms with Crippen LogP contribution in [0, 0.1) is 0 Å². The molecule has 7 nitrogen and oxygen atoms in total. The molecule has 3 aromatic heterocycles. The number of fused-ring (bicyclic) bond motifs is 8. The summed E-state index contributed by atoms with van der Waals surface area (Å²) < 4.78 is 4.25. The predicted octanol–water partition coefficient (Wildman–Crippen LogP) is 11.0. The van der Waals surface area contributed by atoms with Gasteiger partial charge in [-0.05, 0) is 86.9 Å². The lowest BCUT2D eigenvalue weighted by molar-refractivity contribution is 0.982. The first kappa shape index (κ1) is 30.1. The van der Waals surface area contributed by atoms with Crippen LogP contribution in [0.4, 0.5) is 0 Å². The second-order valence-corrected chi connectivity index (χ2v) is 13.3. The highest BCUT2D eigenvalue weighted by molar-refractivity contribution is 6.25. The zero-order valence-electron chi connectivity index (χ0n) is 28.9. The van der Waals surface area contributed by atoms with Crippen LogP contribution in [0.2, 0.25) is 0 Å². The minimum Gasteiger partial charge on any atom is -0.290 e. The van der Waals surface area contributed by atoms with Gasteiger partial charge >= 0.3 is 0 Å². The summed E-state index contributed by atoms with van der Waals surface area (Å²) in [7, 11) is 0. The highest BCUT2D eigenvalue weighted by atomic mass is 15.2.